The molecule has 2 rings (SSSR count). The highest BCUT2D eigenvalue weighted by Crippen LogP contribution is 2.20. The second-order valence-electron chi connectivity index (χ2n) is 7.48. The smallest absolute Gasteiger partial charge is 0.322 e. The number of thioether (sulfide) groups is 1. The van der Waals surface area contributed by atoms with Gasteiger partial charge in [0.1, 0.15) is 23.7 Å². The maximum atomic E-state index is 12.5. The van der Waals surface area contributed by atoms with Crippen LogP contribution in [0.1, 0.15) is 45.7 Å². The summed E-state index contributed by atoms with van der Waals surface area (Å²) >= 11 is 0.852. The van der Waals surface area contributed by atoms with E-state index in [2.05, 4.69) is 15.6 Å². The number of nitrogens with zero attached hydrogens (tertiary/aromatic N) is 3. The number of likely N-dealkylation sites (tertiary alicyclic amines) is 1. The number of imidazole rings is 1. The minimum atomic E-state index is -3.61. The molecule has 15 heteroatoms. The van der Waals surface area contributed by atoms with E-state index in [1.165, 1.54) is 6.20 Å². The molecule has 1 aliphatic heterocycles. The van der Waals surface area contributed by atoms with Crippen LogP contribution in [0.25, 0.3) is 0 Å². The van der Waals surface area contributed by atoms with Gasteiger partial charge in [-0.05, 0) is 32.2 Å². The fourth-order valence-corrected chi connectivity index (χ4v) is 3.70. The lowest BCUT2D eigenvalue weighted by Gasteiger charge is -2.28. The van der Waals surface area contributed by atoms with E-state index in [0.29, 0.717) is 0 Å². The van der Waals surface area contributed by atoms with Gasteiger partial charge in [0.15, 0.2) is 0 Å². The molecule has 1 aromatic heterocycles. The molecule has 1 aliphatic rings. The molecule has 0 spiro atoms. The highest BCUT2D eigenvalue weighted by atomic mass is 32.2. The molecule has 1 saturated heterocycles. The zero-order chi connectivity index (χ0) is 35.6. The highest BCUT2D eigenvalue weighted by Gasteiger charge is 2.24. The van der Waals surface area contributed by atoms with E-state index in [0.717, 1.165) is 16.3 Å². The van der Waals surface area contributed by atoms with Crippen molar-refractivity contribution in [2.24, 2.45) is 5.73 Å². The molecule has 0 aromatic carbocycles. The Morgan fingerprint density at radius 1 is 1.19 bits per heavy atom. The van der Waals surface area contributed by atoms with Crippen LogP contribution in [-0.4, -0.2) is 104 Å². The van der Waals surface area contributed by atoms with Crippen molar-refractivity contribution in [2.45, 2.75) is 61.7 Å². The molecule has 0 bridgehead atoms. The molecule has 14 nitrogen and oxygen atoms in total. The number of carbonyl (C=O) groups is 4. The number of carboxylic acids is 2. The fraction of sp³-hybridized carbons (Fsp3) is 0.667. The van der Waals surface area contributed by atoms with Gasteiger partial charge in [-0.2, -0.15) is 0 Å². The van der Waals surface area contributed by atoms with Gasteiger partial charge < -0.3 is 46.9 Å². The predicted octanol–water partition coefficient (Wildman–Crippen LogP) is -1.72. The summed E-state index contributed by atoms with van der Waals surface area (Å²) in [6.45, 7) is -9.11. The van der Waals surface area contributed by atoms with Crippen LogP contribution >= 0.6 is 11.8 Å². The number of aromatic nitrogens is 2. The van der Waals surface area contributed by atoms with Gasteiger partial charge in [0.2, 0.25) is 17.8 Å². The second-order valence-corrected chi connectivity index (χ2v) is 8.52. The molecule has 202 valence electrons. The van der Waals surface area contributed by atoms with Crippen LogP contribution in [0.4, 0.5) is 5.95 Å². The van der Waals surface area contributed by atoms with E-state index < -0.39 is 93.7 Å². The van der Waals surface area contributed by atoms with Crippen molar-refractivity contribution in [3.63, 3.8) is 0 Å². The lowest BCUT2D eigenvalue weighted by atomic mass is 10.1. The third-order valence-electron chi connectivity index (χ3n) is 4.56. The molecule has 36 heavy (non-hydrogen) atoms. The Hall–Kier alpha value is -2.88. The van der Waals surface area contributed by atoms with E-state index in [4.69, 9.17) is 35.4 Å². The van der Waals surface area contributed by atoms with Crippen molar-refractivity contribution in [1.29, 1.82) is 0 Å². The summed E-state index contributed by atoms with van der Waals surface area (Å²) in [6.07, 6.45) is -11.8. The number of amides is 2. The number of aliphatic hydroxyl groups excluding tert-OH is 1. The number of carbonyl (C=O) groups excluding carboxylic acids is 2. The minimum Gasteiger partial charge on any atom is -0.480 e. The molecule has 3 unspecified atom stereocenters. The van der Waals surface area contributed by atoms with Crippen LogP contribution in [-0.2, 0) is 25.7 Å². The van der Waals surface area contributed by atoms with Crippen LogP contribution in [0.5, 0.6) is 0 Å². The number of hydrogen-bond donors (Lipinski definition) is 7. The number of nitrogen functional groups attached to an aromatic ring is 1. The predicted molar refractivity (Wildman–Crippen MR) is 131 cm³/mol. The van der Waals surface area contributed by atoms with E-state index in [9.17, 15) is 24.3 Å². The van der Waals surface area contributed by atoms with Crippen molar-refractivity contribution < 1.29 is 48.2 Å². The summed E-state index contributed by atoms with van der Waals surface area (Å²) in [7, 11) is 0. The van der Waals surface area contributed by atoms with Gasteiger partial charge >= 0.3 is 11.9 Å². The molecule has 2 amide bonds. The number of aliphatic hydroxyl groups is 1. The van der Waals surface area contributed by atoms with Gasteiger partial charge in [-0.15, -0.1) is 11.8 Å². The standard InChI is InChI=1S/C21H35N7O7S/c22-14(20(34)35)4-5-16(30)25-15(19(33)24-8-18(31)32)12-36-17-11-28(21(23)26-17)10-13(29)9-27-6-2-1-3-7-27/h11,13-15,29H,1-10,12,22H2,(H2,23,26)(H,24,33)(H,25,30)(H,31,32)(H,34,35)/i1D2,2D2,3D2,6D2,7D2. The van der Waals surface area contributed by atoms with Crippen LogP contribution in [0.15, 0.2) is 11.2 Å². The van der Waals surface area contributed by atoms with E-state index in [1.807, 2.05) is 0 Å². The summed E-state index contributed by atoms with van der Waals surface area (Å²) in [5.74, 6) is -4.80. The van der Waals surface area contributed by atoms with Gasteiger partial charge in [-0.3, -0.25) is 19.2 Å². The molecular formula is C21H35N7O7S. The maximum absolute atomic E-state index is 12.5. The zero-order valence-electron chi connectivity index (χ0n) is 28.9. The second kappa shape index (κ2) is 14.6. The molecule has 1 aromatic rings. The lowest BCUT2D eigenvalue weighted by Crippen LogP contribution is -2.49. The van der Waals surface area contributed by atoms with Crippen LogP contribution in [0, 0.1) is 0 Å². The Kier molecular flexibility index (Phi) is 7.13. The van der Waals surface area contributed by atoms with Gasteiger partial charge in [0.25, 0.3) is 0 Å². The number of nitrogens with one attached hydrogen (secondary N) is 2. The number of β-amino-alcohol motifs (C(OH)–C–C–N with tert-alkyl or cyclic N) is 1. The Labute approximate surface area is 226 Å². The van der Waals surface area contributed by atoms with Gasteiger partial charge in [0, 0.05) is 38.6 Å². The number of aliphatic carboxylic acids is 2. The normalized spacial score (nSPS) is 27.7. The van der Waals surface area contributed by atoms with Crippen LogP contribution in [0.3, 0.4) is 0 Å². The topological polar surface area (TPSA) is 226 Å². The molecule has 0 radical (unpaired) electrons. The SMILES string of the molecule is [2H]C1([2H])N(CC(O)Cn2cc(SCC(NC(=O)CCC(N)C(=O)O)C(=O)NCC(=O)O)nc2N)C([2H])([2H])C([2H])([2H])C([2H])([2H])C1([2H])[2H]. The van der Waals surface area contributed by atoms with Gasteiger partial charge in [-0.1, -0.05) is 6.37 Å². The quantitative estimate of drug-likeness (QED) is 0.124. The molecule has 0 aliphatic carbocycles. The minimum absolute atomic E-state index is 0.0845. The van der Waals surface area contributed by atoms with E-state index in [1.54, 1.807) is 0 Å². The summed E-state index contributed by atoms with van der Waals surface area (Å²) < 4.78 is 81.5. The first-order valence-electron chi connectivity index (χ1n) is 15.5. The van der Waals surface area contributed by atoms with Crippen molar-refractivity contribution in [3.8, 4) is 0 Å². The van der Waals surface area contributed by atoms with Crippen LogP contribution in [0.2, 0.25) is 0 Å². The first-order valence-corrected chi connectivity index (χ1v) is 11.5. The summed E-state index contributed by atoms with van der Waals surface area (Å²) in [5, 5.41) is 33.0. The van der Waals surface area contributed by atoms with Crippen molar-refractivity contribution in [3.05, 3.63) is 6.20 Å². The number of nitrogens with two attached hydrogens (primary N) is 2. The van der Waals surface area contributed by atoms with Crippen molar-refractivity contribution in [1.82, 2.24) is 25.1 Å². The average Bonchev–Trinajstić information content (AvgIpc) is 3.28. The Morgan fingerprint density at radius 3 is 2.53 bits per heavy atom. The molecule has 3 atom stereocenters. The Morgan fingerprint density at radius 2 is 1.89 bits per heavy atom. The average molecular weight is 540 g/mol. The van der Waals surface area contributed by atoms with Gasteiger partial charge in [-0.25, -0.2) is 4.98 Å². The number of rotatable bonds is 15. The van der Waals surface area contributed by atoms with E-state index in [-0.39, 0.29) is 34.5 Å². The van der Waals surface area contributed by atoms with Crippen LogP contribution < -0.4 is 22.1 Å². The maximum Gasteiger partial charge on any atom is 0.322 e. The molecule has 0 saturated carbocycles. The molecule has 1 fully saturated rings. The summed E-state index contributed by atoms with van der Waals surface area (Å²) in [5.41, 5.74) is 11.3. The molecular weight excluding hydrogens is 494 g/mol. The number of carboxylic acid groups (broad SMARTS) is 2. The Bertz CT molecular complexity index is 1290. The van der Waals surface area contributed by atoms with Crippen molar-refractivity contribution in [2.75, 3.05) is 37.6 Å². The summed E-state index contributed by atoms with van der Waals surface area (Å²) in [4.78, 5) is 50.7. The monoisotopic (exact) mass is 539 g/mol. The third-order valence-corrected chi connectivity index (χ3v) is 5.55. The van der Waals surface area contributed by atoms with E-state index >= 15 is 0 Å². The fourth-order valence-electron chi connectivity index (χ4n) is 2.77. The molecule has 9 N–H and O–H groups in total. The van der Waals surface area contributed by atoms with Gasteiger partial charge in [0.05, 0.1) is 12.6 Å². The first-order chi connectivity index (χ1) is 20.8. The summed E-state index contributed by atoms with van der Waals surface area (Å²) in [6, 6.07) is -2.66. The lowest BCUT2D eigenvalue weighted by molar-refractivity contribution is -0.139. The largest absolute Gasteiger partial charge is 0.480 e. The highest BCUT2D eigenvalue weighted by molar-refractivity contribution is 7.99. The zero-order valence-corrected chi connectivity index (χ0v) is 19.7. The third kappa shape index (κ3) is 10.4. The number of piperidine rings is 1. The van der Waals surface area contributed by atoms with Crippen molar-refractivity contribution >= 4 is 41.5 Å². The molecule has 2 heterocycles. The first kappa shape index (κ1) is 17.6. The Balaban J connectivity index is 2.17. The number of hydrogen-bond acceptors (Lipinski definition) is 10. The number of anilines is 1.